The molecule has 2 rings (SSSR count). The minimum Gasteiger partial charge on any atom is -0.324 e. The first-order valence-electron chi connectivity index (χ1n) is 8.76. The predicted octanol–water partition coefficient (Wildman–Crippen LogP) is 2.99. The molecule has 0 aliphatic rings. The molecule has 1 N–H and O–H groups in total. The Labute approximate surface area is 172 Å². The van der Waals surface area contributed by atoms with E-state index in [0.29, 0.717) is 0 Å². The fraction of sp³-hybridized carbons (Fsp3) is 0.278. The first-order chi connectivity index (χ1) is 14.0. The van der Waals surface area contributed by atoms with E-state index >= 15 is 0 Å². The molecular weight excluding hydrogens is 416 g/mol. The molecule has 0 unspecified atom stereocenters. The molecule has 1 atom stereocenters. The van der Waals surface area contributed by atoms with Crippen LogP contribution in [-0.2, 0) is 14.8 Å². The highest BCUT2D eigenvalue weighted by Gasteiger charge is 2.32. The lowest BCUT2D eigenvalue weighted by molar-refractivity contribution is -0.385. The molecule has 2 aromatic carbocycles. The molecule has 2 aromatic rings. The molecular formula is C18H20N4O7S. The molecule has 0 radical (unpaired) electrons. The van der Waals surface area contributed by atoms with Gasteiger partial charge < -0.3 is 5.32 Å². The first kappa shape index (κ1) is 22.7. The molecule has 0 bridgehead atoms. The summed E-state index contributed by atoms with van der Waals surface area (Å²) in [5.41, 5.74) is -0.179. The average molecular weight is 436 g/mol. The number of nitro groups is 2. The van der Waals surface area contributed by atoms with E-state index in [1.165, 1.54) is 43.3 Å². The summed E-state index contributed by atoms with van der Waals surface area (Å²) in [7, 11) is -4.00. The highest BCUT2D eigenvalue weighted by Crippen LogP contribution is 2.29. The summed E-state index contributed by atoms with van der Waals surface area (Å²) in [6.45, 7) is 3.05. The number of rotatable bonds is 8. The Balaban J connectivity index is 2.47. The van der Waals surface area contributed by atoms with Gasteiger partial charge in [-0.1, -0.05) is 19.1 Å². The Morgan fingerprint density at radius 3 is 2.30 bits per heavy atom. The lowest BCUT2D eigenvalue weighted by atomic mass is 10.1. The van der Waals surface area contributed by atoms with Gasteiger partial charge in [-0.3, -0.25) is 29.3 Å². The standard InChI is InChI=1S/C18H20N4O7S/c1-4-16(18(23)19-15-9-6-10-17(12(15)2)22(26)27)20(30(3,28)29)13-7-5-8-14(11-13)21(24)25/h5-11,16H,4H2,1-3H3,(H,19,23)/t16-/m0/s1. The summed E-state index contributed by atoms with van der Waals surface area (Å²) >= 11 is 0. The van der Waals surface area contributed by atoms with Crippen molar-refractivity contribution in [3.63, 3.8) is 0 Å². The fourth-order valence-corrected chi connectivity index (χ4v) is 4.18. The number of hydrogen-bond donors (Lipinski definition) is 1. The number of anilines is 2. The van der Waals surface area contributed by atoms with Crippen molar-refractivity contribution in [2.75, 3.05) is 15.9 Å². The van der Waals surface area contributed by atoms with Crippen LogP contribution in [0.5, 0.6) is 0 Å². The topological polar surface area (TPSA) is 153 Å². The van der Waals surface area contributed by atoms with Gasteiger partial charge in [-0.2, -0.15) is 0 Å². The first-order valence-corrected chi connectivity index (χ1v) is 10.6. The van der Waals surface area contributed by atoms with Gasteiger partial charge in [0.15, 0.2) is 0 Å². The number of hydrogen-bond acceptors (Lipinski definition) is 7. The number of carbonyl (C=O) groups is 1. The molecule has 0 aliphatic carbocycles. The van der Waals surface area contributed by atoms with Crippen LogP contribution >= 0.6 is 0 Å². The van der Waals surface area contributed by atoms with E-state index in [4.69, 9.17) is 0 Å². The monoisotopic (exact) mass is 436 g/mol. The zero-order valence-electron chi connectivity index (χ0n) is 16.4. The van der Waals surface area contributed by atoms with Gasteiger partial charge in [0.25, 0.3) is 11.4 Å². The van der Waals surface area contributed by atoms with Crippen molar-refractivity contribution in [1.82, 2.24) is 0 Å². The van der Waals surface area contributed by atoms with E-state index in [1.54, 1.807) is 6.92 Å². The highest BCUT2D eigenvalue weighted by molar-refractivity contribution is 7.92. The van der Waals surface area contributed by atoms with Crippen molar-refractivity contribution in [2.45, 2.75) is 26.3 Å². The summed E-state index contributed by atoms with van der Waals surface area (Å²) in [4.78, 5) is 33.9. The molecule has 11 nitrogen and oxygen atoms in total. The Bertz CT molecular complexity index is 1100. The second kappa shape index (κ2) is 8.86. The summed E-state index contributed by atoms with van der Waals surface area (Å²) < 4.78 is 25.7. The largest absolute Gasteiger partial charge is 0.324 e. The normalized spacial score (nSPS) is 12.1. The maximum atomic E-state index is 12.9. The van der Waals surface area contributed by atoms with Gasteiger partial charge in [-0.25, -0.2) is 8.42 Å². The third kappa shape index (κ3) is 4.89. The average Bonchev–Trinajstić information content (AvgIpc) is 2.66. The summed E-state index contributed by atoms with van der Waals surface area (Å²) in [5, 5.41) is 24.7. The van der Waals surface area contributed by atoms with Crippen LogP contribution in [0, 0.1) is 27.2 Å². The second-order valence-electron chi connectivity index (χ2n) is 6.46. The molecule has 30 heavy (non-hydrogen) atoms. The van der Waals surface area contributed by atoms with Gasteiger partial charge in [-0.05, 0) is 25.5 Å². The Morgan fingerprint density at radius 1 is 1.13 bits per heavy atom. The van der Waals surface area contributed by atoms with Crippen molar-refractivity contribution in [1.29, 1.82) is 0 Å². The van der Waals surface area contributed by atoms with Gasteiger partial charge in [0.05, 0.1) is 33.0 Å². The Morgan fingerprint density at radius 2 is 1.77 bits per heavy atom. The lowest BCUT2D eigenvalue weighted by Crippen LogP contribution is -2.47. The van der Waals surface area contributed by atoms with E-state index in [2.05, 4.69) is 5.32 Å². The number of nitrogens with zero attached hydrogens (tertiary/aromatic N) is 3. The molecule has 0 aromatic heterocycles. The minimum absolute atomic E-state index is 0.0375. The Hall–Kier alpha value is -3.54. The van der Waals surface area contributed by atoms with E-state index in [9.17, 15) is 33.4 Å². The number of non-ortho nitro benzene ring substituents is 1. The zero-order chi connectivity index (χ0) is 22.6. The van der Waals surface area contributed by atoms with Crippen molar-refractivity contribution in [3.8, 4) is 0 Å². The Kier molecular flexibility index (Phi) is 6.72. The summed E-state index contributed by atoms with van der Waals surface area (Å²) in [6, 6.07) is 7.85. The molecule has 160 valence electrons. The van der Waals surface area contributed by atoms with E-state index in [0.717, 1.165) is 16.6 Å². The van der Waals surface area contributed by atoms with Gasteiger partial charge >= 0.3 is 0 Å². The van der Waals surface area contributed by atoms with Crippen molar-refractivity contribution in [2.24, 2.45) is 0 Å². The van der Waals surface area contributed by atoms with Crippen LogP contribution in [0.15, 0.2) is 42.5 Å². The third-order valence-electron chi connectivity index (χ3n) is 4.38. The van der Waals surface area contributed by atoms with Gasteiger partial charge in [-0.15, -0.1) is 0 Å². The van der Waals surface area contributed by atoms with E-state index in [1.807, 2.05) is 0 Å². The molecule has 0 saturated carbocycles. The van der Waals surface area contributed by atoms with Gasteiger partial charge in [0, 0.05) is 18.2 Å². The fourth-order valence-electron chi connectivity index (χ4n) is 2.98. The summed E-state index contributed by atoms with van der Waals surface area (Å²) in [5.74, 6) is -0.724. The van der Waals surface area contributed by atoms with Crippen LogP contribution in [0.2, 0.25) is 0 Å². The van der Waals surface area contributed by atoms with Crippen LogP contribution in [0.1, 0.15) is 18.9 Å². The predicted molar refractivity (Wildman–Crippen MR) is 111 cm³/mol. The zero-order valence-corrected chi connectivity index (χ0v) is 17.3. The van der Waals surface area contributed by atoms with E-state index in [-0.39, 0.29) is 34.7 Å². The number of carbonyl (C=O) groups excluding carboxylic acids is 1. The number of nitro benzene ring substituents is 2. The molecule has 0 spiro atoms. The summed E-state index contributed by atoms with van der Waals surface area (Å²) in [6.07, 6.45) is 0.940. The quantitative estimate of drug-likeness (QED) is 0.493. The van der Waals surface area contributed by atoms with E-state index < -0.39 is 31.8 Å². The van der Waals surface area contributed by atoms with Crippen molar-refractivity contribution < 1.29 is 23.1 Å². The number of benzene rings is 2. The lowest BCUT2D eigenvalue weighted by Gasteiger charge is -2.30. The molecule has 1 amide bonds. The number of nitrogens with one attached hydrogen (secondary N) is 1. The minimum atomic E-state index is -4.00. The smallest absolute Gasteiger partial charge is 0.274 e. The van der Waals surface area contributed by atoms with Crippen LogP contribution < -0.4 is 9.62 Å². The van der Waals surface area contributed by atoms with Crippen molar-refractivity contribution in [3.05, 3.63) is 68.3 Å². The molecule has 0 heterocycles. The van der Waals surface area contributed by atoms with Gasteiger partial charge in [0.1, 0.15) is 6.04 Å². The molecule has 0 fully saturated rings. The van der Waals surface area contributed by atoms with Crippen LogP contribution in [0.4, 0.5) is 22.7 Å². The maximum absolute atomic E-state index is 12.9. The number of amides is 1. The highest BCUT2D eigenvalue weighted by atomic mass is 32.2. The molecule has 12 heteroatoms. The maximum Gasteiger partial charge on any atom is 0.274 e. The number of sulfonamides is 1. The third-order valence-corrected chi connectivity index (χ3v) is 5.56. The van der Waals surface area contributed by atoms with Crippen LogP contribution in [-0.4, -0.2) is 36.5 Å². The van der Waals surface area contributed by atoms with Crippen molar-refractivity contribution >= 4 is 38.7 Å². The second-order valence-corrected chi connectivity index (χ2v) is 8.32. The van der Waals surface area contributed by atoms with Gasteiger partial charge in [0.2, 0.25) is 15.9 Å². The van der Waals surface area contributed by atoms with Crippen LogP contribution in [0.3, 0.4) is 0 Å². The van der Waals surface area contributed by atoms with Crippen LogP contribution in [0.25, 0.3) is 0 Å². The molecule has 0 aliphatic heterocycles. The molecule has 0 saturated heterocycles. The SMILES string of the molecule is CC[C@@H](C(=O)Nc1cccc([N+](=O)[O-])c1C)N(c1cccc([N+](=O)[O-])c1)S(C)(=O)=O.